The highest BCUT2D eigenvalue weighted by molar-refractivity contribution is 6.32. The van der Waals surface area contributed by atoms with Gasteiger partial charge >= 0.3 is 5.97 Å². The Balaban J connectivity index is 2.44. The maximum atomic E-state index is 10.7. The highest BCUT2D eigenvalue weighted by Crippen LogP contribution is 2.25. The molecule has 2 rings (SSSR count). The van der Waals surface area contributed by atoms with E-state index in [9.17, 15) is 14.9 Å². The maximum Gasteiger partial charge on any atom is 0.356 e. The van der Waals surface area contributed by atoms with Gasteiger partial charge in [-0.2, -0.15) is 0 Å². The number of benzene rings is 1. The first-order valence-corrected chi connectivity index (χ1v) is 5.08. The number of imidazole rings is 1. The molecule has 1 aromatic carbocycles. The SMILES string of the molecule is O=C(O)c1cn(-c2ccc([N+](=O)[O-])cc2Cl)cn1. The van der Waals surface area contributed by atoms with Gasteiger partial charge in [-0.25, -0.2) is 9.78 Å². The van der Waals surface area contributed by atoms with Crippen molar-refractivity contribution in [2.75, 3.05) is 0 Å². The van der Waals surface area contributed by atoms with Gasteiger partial charge in [0.2, 0.25) is 0 Å². The monoisotopic (exact) mass is 267 g/mol. The van der Waals surface area contributed by atoms with Crippen LogP contribution >= 0.6 is 11.6 Å². The molecule has 0 unspecified atom stereocenters. The third kappa shape index (κ3) is 2.16. The summed E-state index contributed by atoms with van der Waals surface area (Å²) >= 11 is 5.90. The Labute approximate surface area is 105 Å². The van der Waals surface area contributed by atoms with Gasteiger partial charge in [0.05, 0.1) is 15.6 Å². The van der Waals surface area contributed by atoms with E-state index in [-0.39, 0.29) is 16.4 Å². The van der Waals surface area contributed by atoms with Crippen molar-refractivity contribution in [1.82, 2.24) is 9.55 Å². The molecule has 1 N–H and O–H groups in total. The molecule has 0 spiro atoms. The lowest BCUT2D eigenvalue weighted by Crippen LogP contribution is -1.96. The third-order valence-corrected chi connectivity index (χ3v) is 2.52. The number of nitro benzene ring substituents is 1. The zero-order chi connectivity index (χ0) is 13.3. The Morgan fingerprint density at radius 1 is 1.50 bits per heavy atom. The molecule has 1 heterocycles. The fourth-order valence-electron chi connectivity index (χ4n) is 1.38. The molecule has 0 saturated carbocycles. The summed E-state index contributed by atoms with van der Waals surface area (Å²) in [5.74, 6) is -1.16. The van der Waals surface area contributed by atoms with Crippen LogP contribution < -0.4 is 0 Å². The molecule has 0 aliphatic heterocycles. The normalized spacial score (nSPS) is 10.3. The number of aromatic carboxylic acids is 1. The summed E-state index contributed by atoms with van der Waals surface area (Å²) in [7, 11) is 0. The first-order valence-electron chi connectivity index (χ1n) is 4.70. The van der Waals surface area contributed by atoms with Crippen LogP contribution in [0.2, 0.25) is 5.02 Å². The van der Waals surface area contributed by atoms with Gasteiger partial charge in [0, 0.05) is 18.3 Å². The van der Waals surface area contributed by atoms with Crippen molar-refractivity contribution < 1.29 is 14.8 Å². The molecule has 1 aromatic heterocycles. The van der Waals surface area contributed by atoms with Gasteiger partial charge in [0.1, 0.15) is 6.33 Å². The Morgan fingerprint density at radius 2 is 2.22 bits per heavy atom. The molecule has 0 atom stereocenters. The smallest absolute Gasteiger partial charge is 0.356 e. The summed E-state index contributed by atoms with van der Waals surface area (Å²) in [6.07, 6.45) is 2.55. The van der Waals surface area contributed by atoms with E-state index in [1.165, 1.54) is 35.3 Å². The van der Waals surface area contributed by atoms with Crippen LogP contribution in [0.5, 0.6) is 0 Å². The summed E-state index contributed by atoms with van der Waals surface area (Å²) < 4.78 is 1.38. The van der Waals surface area contributed by atoms with Gasteiger partial charge in [-0.15, -0.1) is 0 Å². The van der Waals surface area contributed by atoms with Crippen LogP contribution in [-0.4, -0.2) is 25.6 Å². The van der Waals surface area contributed by atoms with Crippen LogP contribution in [0, 0.1) is 10.1 Å². The Bertz CT molecular complexity index is 638. The summed E-state index contributed by atoms with van der Waals surface area (Å²) in [5, 5.41) is 19.4. The predicted octanol–water partition coefficient (Wildman–Crippen LogP) is 2.13. The molecule has 0 bridgehead atoms. The molecule has 0 aliphatic rings. The van der Waals surface area contributed by atoms with E-state index in [0.29, 0.717) is 5.69 Å². The topological polar surface area (TPSA) is 98.3 Å². The highest BCUT2D eigenvalue weighted by Gasteiger charge is 2.13. The summed E-state index contributed by atoms with van der Waals surface area (Å²) in [4.78, 5) is 24.3. The number of halogens is 1. The van der Waals surface area contributed by atoms with Crippen molar-refractivity contribution in [2.45, 2.75) is 0 Å². The second-order valence-electron chi connectivity index (χ2n) is 3.36. The molecular formula is C10H6ClN3O4. The maximum absolute atomic E-state index is 10.7. The standard InChI is InChI=1S/C10H6ClN3O4/c11-7-3-6(14(17)18)1-2-9(7)13-4-8(10(15)16)12-5-13/h1-5H,(H,15,16). The van der Waals surface area contributed by atoms with Crippen LogP contribution in [0.25, 0.3) is 5.69 Å². The van der Waals surface area contributed by atoms with Crippen LogP contribution in [0.4, 0.5) is 5.69 Å². The summed E-state index contributed by atoms with van der Waals surface area (Å²) in [5.41, 5.74) is 0.147. The Kier molecular flexibility index (Phi) is 2.99. The second kappa shape index (κ2) is 4.46. The number of nitro groups is 1. The van der Waals surface area contributed by atoms with Crippen molar-refractivity contribution >= 4 is 23.3 Å². The number of carboxylic acid groups (broad SMARTS) is 1. The number of hydrogen-bond acceptors (Lipinski definition) is 4. The first-order chi connectivity index (χ1) is 8.49. The van der Waals surface area contributed by atoms with Gasteiger partial charge in [-0.1, -0.05) is 11.6 Å². The van der Waals surface area contributed by atoms with E-state index in [1.807, 2.05) is 0 Å². The molecule has 0 fully saturated rings. The van der Waals surface area contributed by atoms with Gasteiger partial charge in [0.25, 0.3) is 5.69 Å². The number of carbonyl (C=O) groups is 1. The lowest BCUT2D eigenvalue weighted by atomic mass is 10.3. The molecular weight excluding hydrogens is 262 g/mol. The predicted molar refractivity (Wildman–Crippen MR) is 62.2 cm³/mol. The van der Waals surface area contributed by atoms with E-state index >= 15 is 0 Å². The minimum absolute atomic E-state index is 0.135. The van der Waals surface area contributed by atoms with Gasteiger partial charge in [-0.05, 0) is 6.07 Å². The van der Waals surface area contributed by atoms with Crippen molar-refractivity contribution in [1.29, 1.82) is 0 Å². The molecule has 8 heteroatoms. The van der Waals surface area contributed by atoms with Crippen LogP contribution in [0.1, 0.15) is 10.5 Å². The summed E-state index contributed by atoms with van der Waals surface area (Å²) in [6, 6.07) is 3.90. The number of nitrogens with zero attached hydrogens (tertiary/aromatic N) is 3. The average Bonchev–Trinajstić information content (AvgIpc) is 2.78. The number of aromatic nitrogens is 2. The quantitative estimate of drug-likeness (QED) is 0.678. The number of carboxylic acids is 1. The Morgan fingerprint density at radius 3 is 2.72 bits per heavy atom. The zero-order valence-electron chi connectivity index (χ0n) is 8.78. The van der Waals surface area contributed by atoms with Gasteiger partial charge in [0.15, 0.2) is 5.69 Å². The van der Waals surface area contributed by atoms with Crippen molar-refractivity contribution in [2.24, 2.45) is 0 Å². The molecule has 0 saturated heterocycles. The second-order valence-corrected chi connectivity index (χ2v) is 3.77. The van der Waals surface area contributed by atoms with E-state index in [0.717, 1.165) is 0 Å². The summed E-state index contributed by atoms with van der Waals surface area (Å²) in [6.45, 7) is 0. The minimum atomic E-state index is -1.16. The van der Waals surface area contributed by atoms with Crippen LogP contribution in [-0.2, 0) is 0 Å². The van der Waals surface area contributed by atoms with E-state index in [4.69, 9.17) is 16.7 Å². The van der Waals surface area contributed by atoms with E-state index in [1.54, 1.807) is 0 Å². The van der Waals surface area contributed by atoms with Crippen LogP contribution in [0.3, 0.4) is 0 Å². The number of non-ortho nitro benzene ring substituents is 1. The minimum Gasteiger partial charge on any atom is -0.476 e. The van der Waals surface area contributed by atoms with Crippen LogP contribution in [0.15, 0.2) is 30.7 Å². The molecule has 0 radical (unpaired) electrons. The molecule has 0 aliphatic carbocycles. The largest absolute Gasteiger partial charge is 0.476 e. The first kappa shape index (κ1) is 12.1. The van der Waals surface area contributed by atoms with E-state index < -0.39 is 10.9 Å². The van der Waals surface area contributed by atoms with Crippen molar-refractivity contribution in [3.8, 4) is 5.69 Å². The molecule has 92 valence electrons. The van der Waals surface area contributed by atoms with Crippen molar-refractivity contribution in [3.63, 3.8) is 0 Å². The zero-order valence-corrected chi connectivity index (χ0v) is 9.53. The van der Waals surface area contributed by atoms with Gasteiger partial charge < -0.3 is 9.67 Å². The number of rotatable bonds is 3. The third-order valence-electron chi connectivity index (χ3n) is 2.22. The highest BCUT2D eigenvalue weighted by atomic mass is 35.5. The lowest BCUT2D eigenvalue weighted by Gasteiger charge is -2.03. The fraction of sp³-hybridized carbons (Fsp3) is 0. The molecule has 7 nitrogen and oxygen atoms in total. The molecule has 0 amide bonds. The fourth-order valence-corrected chi connectivity index (χ4v) is 1.66. The number of hydrogen-bond donors (Lipinski definition) is 1. The van der Waals surface area contributed by atoms with Gasteiger partial charge in [-0.3, -0.25) is 10.1 Å². The Hall–Kier alpha value is -2.41. The van der Waals surface area contributed by atoms with E-state index in [2.05, 4.69) is 4.98 Å². The average molecular weight is 268 g/mol. The molecule has 2 aromatic rings. The molecule has 18 heavy (non-hydrogen) atoms. The van der Waals surface area contributed by atoms with Crippen molar-refractivity contribution in [3.05, 3.63) is 51.6 Å². The lowest BCUT2D eigenvalue weighted by molar-refractivity contribution is -0.384.